The quantitative estimate of drug-likeness (QED) is 0.690. The van der Waals surface area contributed by atoms with Gasteiger partial charge in [0.1, 0.15) is 5.60 Å². The number of nitrogens with zero attached hydrogens (tertiary/aromatic N) is 2. The van der Waals surface area contributed by atoms with Gasteiger partial charge in [0.25, 0.3) is 11.8 Å². The molecule has 0 atom stereocenters. The van der Waals surface area contributed by atoms with Crippen LogP contribution in [0.5, 0.6) is 0 Å². The molecule has 8 nitrogen and oxygen atoms in total. The molecule has 2 saturated heterocycles. The number of benzene rings is 2. The first-order chi connectivity index (χ1) is 16.9. The van der Waals surface area contributed by atoms with Gasteiger partial charge >= 0.3 is 0 Å². The van der Waals surface area contributed by atoms with Crippen LogP contribution in [-0.4, -0.2) is 77.6 Å². The summed E-state index contributed by atoms with van der Waals surface area (Å²) in [6, 6.07) is 15.2. The molecule has 0 spiro atoms. The number of rotatable bonds is 5. The lowest BCUT2D eigenvalue weighted by Crippen LogP contribution is -2.53. The highest BCUT2D eigenvalue weighted by atomic mass is 16.5. The van der Waals surface area contributed by atoms with Crippen molar-refractivity contribution in [3.05, 3.63) is 54.1 Å². The van der Waals surface area contributed by atoms with Crippen LogP contribution < -0.4 is 5.32 Å². The average Bonchev–Trinajstić information content (AvgIpc) is 3.67. The van der Waals surface area contributed by atoms with E-state index in [1.807, 2.05) is 48.5 Å². The highest BCUT2D eigenvalue weighted by Crippen LogP contribution is 2.37. The molecule has 3 amide bonds. The van der Waals surface area contributed by atoms with Crippen LogP contribution in [0.2, 0.25) is 0 Å². The van der Waals surface area contributed by atoms with Crippen LogP contribution in [0.1, 0.15) is 36.0 Å². The van der Waals surface area contributed by atoms with Gasteiger partial charge in [-0.3, -0.25) is 14.4 Å². The summed E-state index contributed by atoms with van der Waals surface area (Å²) >= 11 is 0. The second kappa shape index (κ2) is 9.79. The molecule has 5 rings (SSSR count). The number of amides is 3. The number of carbonyl (C=O) groups excluding carboxylic acids is 3. The lowest BCUT2D eigenvalue weighted by molar-refractivity contribution is -0.143. The molecule has 0 aromatic heterocycles. The first-order valence-corrected chi connectivity index (χ1v) is 12.3. The minimum Gasteiger partial charge on any atom is -0.381 e. The molecule has 0 unspecified atom stereocenters. The minimum atomic E-state index is -1.16. The largest absolute Gasteiger partial charge is 0.381 e. The van der Waals surface area contributed by atoms with Crippen LogP contribution >= 0.6 is 0 Å². The fourth-order valence-corrected chi connectivity index (χ4v) is 4.71. The van der Waals surface area contributed by atoms with Crippen molar-refractivity contribution in [2.24, 2.45) is 5.92 Å². The van der Waals surface area contributed by atoms with Gasteiger partial charge in [-0.25, -0.2) is 0 Å². The van der Waals surface area contributed by atoms with Gasteiger partial charge in [0.05, 0.1) is 0 Å². The lowest BCUT2D eigenvalue weighted by Gasteiger charge is -2.35. The van der Waals surface area contributed by atoms with Crippen molar-refractivity contribution >= 4 is 23.4 Å². The van der Waals surface area contributed by atoms with E-state index in [4.69, 9.17) is 4.74 Å². The van der Waals surface area contributed by atoms with E-state index in [2.05, 4.69) is 5.32 Å². The summed E-state index contributed by atoms with van der Waals surface area (Å²) in [5, 5.41) is 13.1. The molecule has 0 radical (unpaired) electrons. The van der Waals surface area contributed by atoms with Crippen molar-refractivity contribution in [3.8, 4) is 11.1 Å². The van der Waals surface area contributed by atoms with Crippen LogP contribution in [0, 0.1) is 5.92 Å². The van der Waals surface area contributed by atoms with E-state index in [9.17, 15) is 19.5 Å². The van der Waals surface area contributed by atoms with E-state index in [0.29, 0.717) is 57.8 Å². The molecule has 2 heterocycles. The van der Waals surface area contributed by atoms with Gasteiger partial charge in [0.15, 0.2) is 0 Å². The monoisotopic (exact) mass is 477 g/mol. The fraction of sp³-hybridized carbons (Fsp3) is 0.444. The van der Waals surface area contributed by atoms with Gasteiger partial charge in [-0.15, -0.1) is 0 Å². The standard InChI is InChI=1S/C27H31N3O5/c31-24(20-8-16-35-17-9-20)28-23-3-1-2-22(18-23)19-4-6-21(7-5-19)25(32)29-12-14-30(15-13-29)26(33)27(34)10-11-27/h1-7,18,20,34H,8-17H2,(H,28,31). The summed E-state index contributed by atoms with van der Waals surface area (Å²) in [6.07, 6.45) is 2.55. The molecule has 3 aliphatic rings. The van der Waals surface area contributed by atoms with Crippen LogP contribution in [0.4, 0.5) is 5.69 Å². The number of anilines is 1. The first-order valence-electron chi connectivity index (χ1n) is 12.3. The Morgan fingerprint density at radius 3 is 2.20 bits per heavy atom. The van der Waals surface area contributed by atoms with Gasteiger partial charge in [0.2, 0.25) is 5.91 Å². The molecular weight excluding hydrogens is 446 g/mol. The molecule has 0 bridgehead atoms. The highest BCUT2D eigenvalue weighted by Gasteiger charge is 2.50. The fourth-order valence-electron chi connectivity index (χ4n) is 4.71. The van der Waals surface area contributed by atoms with Gasteiger partial charge in [0, 0.05) is 56.6 Å². The van der Waals surface area contributed by atoms with E-state index in [-0.39, 0.29) is 23.6 Å². The number of ether oxygens (including phenoxy) is 1. The van der Waals surface area contributed by atoms with E-state index >= 15 is 0 Å². The third-order valence-electron chi connectivity index (χ3n) is 7.16. The summed E-state index contributed by atoms with van der Waals surface area (Å²) in [5.74, 6) is -0.262. The topological polar surface area (TPSA) is 99.2 Å². The van der Waals surface area contributed by atoms with Crippen molar-refractivity contribution in [2.45, 2.75) is 31.3 Å². The maximum atomic E-state index is 13.0. The van der Waals surface area contributed by atoms with Crippen LogP contribution in [0.25, 0.3) is 11.1 Å². The highest BCUT2D eigenvalue weighted by molar-refractivity contribution is 5.95. The van der Waals surface area contributed by atoms with Gasteiger partial charge < -0.3 is 25.0 Å². The van der Waals surface area contributed by atoms with E-state index in [0.717, 1.165) is 29.7 Å². The number of carbonyl (C=O) groups is 3. The van der Waals surface area contributed by atoms with E-state index < -0.39 is 5.60 Å². The summed E-state index contributed by atoms with van der Waals surface area (Å²) in [6.45, 7) is 3.05. The van der Waals surface area contributed by atoms with Gasteiger partial charge in [-0.2, -0.15) is 0 Å². The molecule has 2 aromatic rings. The third-order valence-corrected chi connectivity index (χ3v) is 7.16. The van der Waals surface area contributed by atoms with Gasteiger partial charge in [-0.05, 0) is 61.1 Å². The second-order valence-corrected chi connectivity index (χ2v) is 9.65. The molecular formula is C27H31N3O5. The number of nitrogens with one attached hydrogen (secondary N) is 1. The molecule has 2 aliphatic heterocycles. The maximum Gasteiger partial charge on any atom is 0.254 e. The molecule has 35 heavy (non-hydrogen) atoms. The first kappa shape index (κ1) is 23.5. The predicted octanol–water partition coefficient (Wildman–Crippen LogP) is 2.53. The zero-order valence-electron chi connectivity index (χ0n) is 19.7. The second-order valence-electron chi connectivity index (χ2n) is 9.65. The Balaban J connectivity index is 1.19. The molecule has 3 fully saturated rings. The molecule has 2 aromatic carbocycles. The summed E-state index contributed by atoms with van der Waals surface area (Å²) < 4.78 is 5.34. The number of piperazine rings is 1. The number of aliphatic hydroxyl groups is 1. The summed E-state index contributed by atoms with van der Waals surface area (Å²) in [4.78, 5) is 41.2. The third kappa shape index (κ3) is 5.23. The lowest BCUT2D eigenvalue weighted by atomic mass is 9.99. The number of hydrogen-bond donors (Lipinski definition) is 2. The predicted molar refractivity (Wildman–Crippen MR) is 131 cm³/mol. The smallest absolute Gasteiger partial charge is 0.254 e. The Morgan fingerprint density at radius 2 is 1.54 bits per heavy atom. The van der Waals surface area contributed by atoms with Crippen LogP contribution in [0.3, 0.4) is 0 Å². The molecule has 8 heteroatoms. The Hall–Kier alpha value is -3.23. The molecule has 184 valence electrons. The minimum absolute atomic E-state index is 0.0175. The Labute approximate surface area is 204 Å². The van der Waals surface area contributed by atoms with Crippen molar-refractivity contribution in [1.29, 1.82) is 0 Å². The SMILES string of the molecule is O=C(Nc1cccc(-c2ccc(C(=O)N3CCN(C(=O)C4(O)CC4)CC3)cc2)c1)C1CCOCC1. The van der Waals surface area contributed by atoms with Crippen molar-refractivity contribution in [3.63, 3.8) is 0 Å². The normalized spacial score (nSPS) is 19.8. The molecule has 2 N–H and O–H groups in total. The average molecular weight is 478 g/mol. The molecule has 1 saturated carbocycles. The summed E-state index contributed by atoms with van der Waals surface area (Å²) in [7, 11) is 0. The Kier molecular flexibility index (Phi) is 6.58. The van der Waals surface area contributed by atoms with Crippen LogP contribution in [0.15, 0.2) is 48.5 Å². The zero-order valence-corrected chi connectivity index (χ0v) is 19.7. The van der Waals surface area contributed by atoms with Crippen molar-refractivity contribution in [2.75, 3.05) is 44.7 Å². The van der Waals surface area contributed by atoms with Crippen LogP contribution in [-0.2, 0) is 14.3 Å². The van der Waals surface area contributed by atoms with E-state index in [1.54, 1.807) is 9.80 Å². The van der Waals surface area contributed by atoms with Gasteiger partial charge in [-0.1, -0.05) is 24.3 Å². The number of hydrogen-bond acceptors (Lipinski definition) is 5. The zero-order chi connectivity index (χ0) is 24.4. The Bertz CT molecular complexity index is 1100. The summed E-state index contributed by atoms with van der Waals surface area (Å²) in [5.41, 5.74) is 2.10. The Morgan fingerprint density at radius 1 is 0.886 bits per heavy atom. The van der Waals surface area contributed by atoms with Crippen molar-refractivity contribution in [1.82, 2.24) is 9.80 Å². The van der Waals surface area contributed by atoms with E-state index in [1.165, 1.54) is 0 Å². The van der Waals surface area contributed by atoms with Crippen molar-refractivity contribution < 1.29 is 24.2 Å². The molecule has 1 aliphatic carbocycles. The maximum absolute atomic E-state index is 13.0.